The molecule has 0 amide bonds. The number of hydrogen-bond donors (Lipinski definition) is 0. The summed E-state index contributed by atoms with van der Waals surface area (Å²) in [5, 5.41) is 0.218. The monoisotopic (exact) mass is 538 g/mol. The Morgan fingerprint density at radius 1 is 0.611 bits per heavy atom. The van der Waals surface area contributed by atoms with Crippen molar-refractivity contribution in [2.24, 2.45) is 0 Å². The topological polar surface area (TPSA) is 100 Å². The highest BCUT2D eigenvalue weighted by Gasteiger charge is 2.36. The predicted octanol–water partition coefficient (Wildman–Crippen LogP) is 2.85. The second-order valence-corrected chi connectivity index (χ2v) is 14.1. The number of ether oxygens (including phenoxy) is 8. The van der Waals surface area contributed by atoms with Gasteiger partial charge in [-0.25, -0.2) is 4.79 Å². The van der Waals surface area contributed by atoms with Crippen molar-refractivity contribution in [1.82, 2.24) is 0 Å². The lowest BCUT2D eigenvalue weighted by atomic mass is 10.2. The summed E-state index contributed by atoms with van der Waals surface area (Å²) < 4.78 is 48.6. The van der Waals surface area contributed by atoms with Gasteiger partial charge in [0.1, 0.15) is 0 Å². The van der Waals surface area contributed by atoms with Gasteiger partial charge in [-0.2, -0.15) is 0 Å². The van der Waals surface area contributed by atoms with Crippen LogP contribution in [0.25, 0.3) is 0 Å². The van der Waals surface area contributed by atoms with Crippen molar-refractivity contribution in [3.8, 4) is 0 Å². The highest BCUT2D eigenvalue weighted by molar-refractivity contribution is 6.74. The molecule has 0 aliphatic carbocycles. The minimum Gasteiger partial charge on any atom is -0.466 e. The quantitative estimate of drug-likeness (QED) is 0.0746. The first-order valence-electron chi connectivity index (χ1n) is 12.6. The van der Waals surface area contributed by atoms with Crippen molar-refractivity contribution in [3.63, 3.8) is 0 Å². The smallest absolute Gasteiger partial charge is 0.330 e. The second-order valence-electron chi connectivity index (χ2n) is 9.28. The third-order valence-corrected chi connectivity index (χ3v) is 9.94. The van der Waals surface area contributed by atoms with E-state index in [4.69, 9.17) is 37.6 Å². The summed E-state index contributed by atoms with van der Waals surface area (Å²) in [5.41, 5.74) is 0. The van der Waals surface area contributed by atoms with E-state index in [1.165, 1.54) is 13.2 Å². The van der Waals surface area contributed by atoms with Crippen LogP contribution >= 0.6 is 0 Å². The molecular weight excluding hydrogens is 488 g/mol. The number of methoxy groups -OCH3 is 1. The highest BCUT2D eigenvalue weighted by Crippen LogP contribution is 2.36. The van der Waals surface area contributed by atoms with Crippen LogP contribution in [-0.2, 0) is 47.1 Å². The van der Waals surface area contributed by atoms with E-state index in [-0.39, 0.29) is 5.04 Å². The molecule has 214 valence electrons. The molecule has 0 radical (unpaired) electrons. The van der Waals surface area contributed by atoms with E-state index in [0.29, 0.717) is 99.1 Å². The van der Waals surface area contributed by atoms with Crippen LogP contribution in [0.1, 0.15) is 20.8 Å². The van der Waals surface area contributed by atoms with Gasteiger partial charge < -0.3 is 42.3 Å². The zero-order chi connectivity index (χ0) is 27.0. The van der Waals surface area contributed by atoms with Crippen LogP contribution in [0.3, 0.4) is 0 Å². The normalized spacial score (nSPS) is 12.5. The summed E-state index contributed by atoms with van der Waals surface area (Å²) in [6.45, 7) is 18.8. The van der Waals surface area contributed by atoms with Crippen molar-refractivity contribution in [2.75, 3.05) is 106 Å². The minimum absolute atomic E-state index is 0.218. The molecule has 10 nitrogen and oxygen atoms in total. The molecule has 0 bridgehead atoms. The summed E-state index contributed by atoms with van der Waals surface area (Å²) in [4.78, 5) is 10.8. The summed E-state index contributed by atoms with van der Waals surface area (Å²) >= 11 is 0. The van der Waals surface area contributed by atoms with Crippen LogP contribution in [0.15, 0.2) is 12.2 Å². The summed E-state index contributed by atoms with van der Waals surface area (Å²) in [5.74, 6) is -0.398. The zero-order valence-corrected chi connectivity index (χ0v) is 24.3. The van der Waals surface area contributed by atoms with Gasteiger partial charge in [0.2, 0.25) is 0 Å². The van der Waals surface area contributed by atoms with Crippen LogP contribution in [0.2, 0.25) is 18.1 Å². The SMILES string of the molecule is COC(=O)/C=C/COCCOCCOCCOCCOCCOCCOCCO[Si](C)(C)C(C)(C)C. The number of hydrogen-bond acceptors (Lipinski definition) is 10. The molecule has 36 heavy (non-hydrogen) atoms. The Bertz CT molecular complexity index is 537. The number of carbonyl (C=O) groups is 1. The highest BCUT2D eigenvalue weighted by atomic mass is 28.4. The Morgan fingerprint density at radius 3 is 1.28 bits per heavy atom. The van der Waals surface area contributed by atoms with Crippen LogP contribution in [0.4, 0.5) is 0 Å². The van der Waals surface area contributed by atoms with Crippen molar-refractivity contribution in [3.05, 3.63) is 12.2 Å². The average Bonchev–Trinajstić information content (AvgIpc) is 2.83. The van der Waals surface area contributed by atoms with Gasteiger partial charge in [-0.3, -0.25) is 0 Å². The number of carbonyl (C=O) groups excluding carboxylic acids is 1. The van der Waals surface area contributed by atoms with Crippen molar-refractivity contribution in [1.29, 1.82) is 0 Å². The lowest BCUT2D eigenvalue weighted by Gasteiger charge is -2.36. The van der Waals surface area contributed by atoms with Gasteiger partial charge >= 0.3 is 5.97 Å². The fraction of sp³-hybridized carbons (Fsp3) is 0.880. The molecule has 0 aromatic rings. The second kappa shape index (κ2) is 23.2. The van der Waals surface area contributed by atoms with Crippen LogP contribution in [0.5, 0.6) is 0 Å². The third-order valence-electron chi connectivity index (χ3n) is 5.40. The lowest BCUT2D eigenvalue weighted by molar-refractivity contribution is -0.134. The Balaban J connectivity index is 3.19. The maximum atomic E-state index is 10.8. The van der Waals surface area contributed by atoms with Gasteiger partial charge in [-0.1, -0.05) is 26.8 Å². The zero-order valence-electron chi connectivity index (χ0n) is 23.3. The van der Waals surface area contributed by atoms with E-state index in [9.17, 15) is 4.79 Å². The van der Waals surface area contributed by atoms with Crippen LogP contribution in [-0.4, -0.2) is 120 Å². The largest absolute Gasteiger partial charge is 0.466 e. The van der Waals surface area contributed by atoms with Gasteiger partial charge in [0.25, 0.3) is 0 Å². The van der Waals surface area contributed by atoms with Gasteiger partial charge in [0, 0.05) is 6.08 Å². The molecule has 0 heterocycles. The van der Waals surface area contributed by atoms with Gasteiger partial charge in [-0.05, 0) is 18.1 Å². The summed E-state index contributed by atoms with van der Waals surface area (Å²) in [6.07, 6.45) is 2.92. The van der Waals surface area contributed by atoms with E-state index in [2.05, 4.69) is 38.6 Å². The predicted molar refractivity (Wildman–Crippen MR) is 140 cm³/mol. The molecule has 0 aliphatic rings. The molecule has 0 unspecified atom stereocenters. The Hall–Kier alpha value is -0.893. The maximum Gasteiger partial charge on any atom is 0.330 e. The van der Waals surface area contributed by atoms with E-state index < -0.39 is 14.3 Å². The first kappa shape index (κ1) is 35.1. The molecule has 0 saturated heterocycles. The molecule has 0 atom stereocenters. The number of rotatable bonds is 25. The molecule has 0 aromatic heterocycles. The molecule has 0 rings (SSSR count). The molecular formula is C25H50O10Si. The van der Waals surface area contributed by atoms with Gasteiger partial charge in [0.05, 0.1) is 106 Å². The number of esters is 1. The molecule has 0 fully saturated rings. The van der Waals surface area contributed by atoms with E-state index >= 15 is 0 Å². The fourth-order valence-corrected chi connectivity index (χ4v) is 3.28. The van der Waals surface area contributed by atoms with Crippen LogP contribution in [0, 0.1) is 0 Å². The maximum absolute atomic E-state index is 10.8. The standard InChI is InChI=1S/C25H50O10Si/c1-25(2,3)36(5,6)35-23-22-34-21-20-33-19-18-32-17-16-31-15-14-30-13-12-29-11-10-28-9-7-8-24(26)27-4/h7-8H,9-23H2,1-6H3/b8-7+. The summed E-state index contributed by atoms with van der Waals surface area (Å²) in [6, 6.07) is 0. The van der Waals surface area contributed by atoms with Crippen molar-refractivity contribution in [2.45, 2.75) is 38.9 Å². The lowest BCUT2D eigenvalue weighted by Crippen LogP contribution is -2.41. The molecule has 0 aromatic carbocycles. The third kappa shape index (κ3) is 22.3. The van der Waals surface area contributed by atoms with Crippen LogP contribution < -0.4 is 0 Å². The van der Waals surface area contributed by atoms with Crippen molar-refractivity contribution < 1.29 is 47.1 Å². The van der Waals surface area contributed by atoms with Crippen molar-refractivity contribution >= 4 is 14.3 Å². The molecule has 0 N–H and O–H groups in total. The van der Waals surface area contributed by atoms with E-state index in [1.807, 2.05) is 0 Å². The molecule has 0 aliphatic heterocycles. The Labute approximate surface area is 218 Å². The minimum atomic E-state index is -1.69. The molecule has 0 saturated carbocycles. The first-order chi connectivity index (χ1) is 17.2. The molecule has 11 heteroatoms. The molecule has 0 spiro atoms. The van der Waals surface area contributed by atoms with Gasteiger partial charge in [0.15, 0.2) is 8.32 Å². The Morgan fingerprint density at radius 2 is 0.944 bits per heavy atom. The van der Waals surface area contributed by atoms with E-state index in [0.717, 1.165) is 0 Å². The first-order valence-corrected chi connectivity index (χ1v) is 15.5. The Kier molecular flexibility index (Phi) is 22.7. The van der Waals surface area contributed by atoms with E-state index in [1.54, 1.807) is 6.08 Å². The van der Waals surface area contributed by atoms with Gasteiger partial charge in [-0.15, -0.1) is 0 Å². The fourth-order valence-electron chi connectivity index (χ4n) is 2.26. The summed E-state index contributed by atoms with van der Waals surface area (Å²) in [7, 11) is -0.362. The average molecular weight is 539 g/mol.